The maximum Gasteiger partial charge on any atom is 0.233 e. The summed E-state index contributed by atoms with van der Waals surface area (Å²) in [6, 6.07) is 73.3. The number of furan rings is 2. The van der Waals surface area contributed by atoms with E-state index in [9.17, 15) is 0 Å². The maximum absolute atomic E-state index is 7.10. The van der Waals surface area contributed by atoms with Gasteiger partial charge in [-0.25, -0.2) is 0 Å². The van der Waals surface area contributed by atoms with Gasteiger partial charge in [-0.1, -0.05) is 133 Å². The van der Waals surface area contributed by atoms with Crippen molar-refractivity contribution in [2.45, 2.75) is 0 Å². The fraction of sp³-hybridized carbons (Fsp3) is 0. The van der Waals surface area contributed by atoms with Crippen LogP contribution in [0.2, 0.25) is 0 Å². The predicted molar refractivity (Wildman–Crippen MR) is 269 cm³/mol. The van der Waals surface area contributed by atoms with E-state index in [0.717, 1.165) is 98.3 Å². The van der Waals surface area contributed by atoms with Crippen LogP contribution in [0.4, 0.5) is 0 Å². The Kier molecular flexibility index (Phi) is 7.61. The second kappa shape index (κ2) is 13.7. The summed E-state index contributed by atoms with van der Waals surface area (Å²) in [5, 5.41) is 13.0. The van der Waals surface area contributed by atoms with E-state index in [1.807, 2.05) is 12.4 Å². The Balaban J connectivity index is 1.04. The van der Waals surface area contributed by atoms with Gasteiger partial charge >= 0.3 is 0 Å². The molecule has 0 bridgehead atoms. The summed E-state index contributed by atoms with van der Waals surface area (Å²) in [7, 11) is -3.45. The number of nitrogens with zero attached hydrogens (tertiary/aromatic N) is 4. The fourth-order valence-electron chi connectivity index (χ4n) is 10.8. The van der Waals surface area contributed by atoms with Crippen molar-refractivity contribution in [2.24, 2.45) is 0 Å². The Morgan fingerprint density at radius 3 is 1.06 bits per heavy atom. The fourth-order valence-corrected chi connectivity index (χ4v) is 15.4. The van der Waals surface area contributed by atoms with Crippen molar-refractivity contribution >= 4 is 117 Å². The third-order valence-corrected chi connectivity index (χ3v) is 18.1. The molecule has 65 heavy (non-hydrogen) atoms. The summed E-state index contributed by atoms with van der Waals surface area (Å²) in [5.74, 6) is 0. The van der Waals surface area contributed by atoms with Gasteiger partial charge in [-0.05, 0) is 83.2 Å². The van der Waals surface area contributed by atoms with Gasteiger partial charge in [-0.15, -0.1) is 0 Å². The highest BCUT2D eigenvalue weighted by Gasteiger charge is 2.49. The number of aromatic nitrogens is 4. The highest BCUT2D eigenvalue weighted by atomic mass is 28.3. The van der Waals surface area contributed by atoms with E-state index < -0.39 is 8.07 Å². The first kappa shape index (κ1) is 36.0. The molecule has 0 amide bonds. The highest BCUT2D eigenvalue weighted by molar-refractivity contribution is 7.20. The number of pyridine rings is 2. The van der Waals surface area contributed by atoms with Gasteiger partial charge in [-0.3, -0.25) is 9.97 Å². The minimum Gasteiger partial charge on any atom is -0.455 e. The molecule has 0 N–H and O–H groups in total. The van der Waals surface area contributed by atoms with Crippen LogP contribution in [0.5, 0.6) is 0 Å². The van der Waals surface area contributed by atoms with Gasteiger partial charge in [0.1, 0.15) is 11.2 Å². The third-order valence-electron chi connectivity index (χ3n) is 13.5. The molecule has 0 aliphatic carbocycles. The molecule has 0 radical (unpaired) electrons. The van der Waals surface area contributed by atoms with Crippen LogP contribution in [0.15, 0.2) is 227 Å². The van der Waals surface area contributed by atoms with Crippen molar-refractivity contribution < 1.29 is 8.83 Å². The van der Waals surface area contributed by atoms with Gasteiger partial charge in [0.15, 0.2) is 11.2 Å². The van der Waals surface area contributed by atoms with Crippen molar-refractivity contribution in [3.05, 3.63) is 219 Å². The van der Waals surface area contributed by atoms with Crippen LogP contribution in [-0.2, 0) is 0 Å². The van der Waals surface area contributed by atoms with E-state index in [-0.39, 0.29) is 0 Å². The Labute approximate surface area is 372 Å². The third kappa shape index (κ3) is 5.04. The van der Waals surface area contributed by atoms with E-state index in [1.54, 1.807) is 0 Å². The molecule has 0 spiro atoms. The van der Waals surface area contributed by atoms with Crippen molar-refractivity contribution in [1.82, 2.24) is 19.1 Å². The predicted octanol–water partition coefficient (Wildman–Crippen LogP) is 11.8. The maximum atomic E-state index is 7.10. The standard InChI is InChI=1S/C58H36N4O2Si/c1-3-15-39(16-4-1)65(40-17-5-2-6-18-40,57-55-45(31-33-59-57)47-35-37(27-29-53(47)63-55)61-49-23-11-7-19-41(49)42-20-8-12-24-50(42)61)58-56-46(32-34-60-58)48-36-38(28-30-54(48)64-56)62-51-25-13-9-21-43(51)44-22-10-14-26-52(44)62/h1-36H. The van der Waals surface area contributed by atoms with E-state index >= 15 is 0 Å². The first-order valence-corrected chi connectivity index (χ1v) is 24.0. The largest absolute Gasteiger partial charge is 0.455 e. The lowest BCUT2D eigenvalue weighted by Crippen LogP contribution is -2.76. The van der Waals surface area contributed by atoms with Crippen LogP contribution in [0.25, 0.3) is 98.9 Å². The van der Waals surface area contributed by atoms with Gasteiger partial charge < -0.3 is 18.0 Å². The van der Waals surface area contributed by atoms with Crippen LogP contribution >= 0.6 is 0 Å². The van der Waals surface area contributed by atoms with Crippen LogP contribution in [-0.4, -0.2) is 27.2 Å². The van der Waals surface area contributed by atoms with Crippen molar-refractivity contribution in [3.63, 3.8) is 0 Å². The molecule has 0 fully saturated rings. The van der Waals surface area contributed by atoms with Crippen molar-refractivity contribution in [2.75, 3.05) is 0 Å². The van der Waals surface area contributed by atoms with Crippen molar-refractivity contribution in [3.8, 4) is 11.4 Å². The average molecular weight is 849 g/mol. The summed E-state index contributed by atoms with van der Waals surface area (Å²) in [6.45, 7) is 0. The SMILES string of the molecule is c1ccc([Si](c2ccccc2)(c2nccc3c2oc2ccc(-n4c5ccccc5c5ccccc54)cc23)c2nccc3c2oc2ccc(-n4c5ccccc5c5ccccc54)cc23)cc1. The molecule has 0 saturated heterocycles. The molecule has 304 valence electrons. The molecular formula is C58H36N4O2Si. The topological polar surface area (TPSA) is 61.9 Å². The number of benzene rings is 8. The molecular weight excluding hydrogens is 813 g/mol. The Morgan fingerprint density at radius 1 is 0.323 bits per heavy atom. The Bertz CT molecular complexity index is 3820. The molecule has 0 aliphatic heterocycles. The minimum absolute atomic E-state index is 0.754. The normalized spacial score (nSPS) is 12.3. The average Bonchev–Trinajstić information content (AvgIpc) is 4.13. The lowest BCUT2D eigenvalue weighted by atomic mass is 10.1. The molecule has 0 saturated carbocycles. The van der Waals surface area contributed by atoms with Gasteiger partial charge in [0.25, 0.3) is 0 Å². The van der Waals surface area contributed by atoms with E-state index in [4.69, 9.17) is 18.8 Å². The van der Waals surface area contributed by atoms with Crippen LogP contribution in [0.1, 0.15) is 0 Å². The second-order valence-corrected chi connectivity index (χ2v) is 20.5. The molecule has 14 aromatic rings. The quantitative estimate of drug-likeness (QED) is 0.156. The summed E-state index contributed by atoms with van der Waals surface area (Å²) >= 11 is 0. The number of para-hydroxylation sites is 4. The summed E-state index contributed by atoms with van der Waals surface area (Å²) in [4.78, 5) is 10.8. The summed E-state index contributed by atoms with van der Waals surface area (Å²) in [5.41, 5.74) is 9.90. The highest BCUT2D eigenvalue weighted by Crippen LogP contribution is 2.38. The molecule has 8 aromatic carbocycles. The molecule has 7 heteroatoms. The van der Waals surface area contributed by atoms with Crippen molar-refractivity contribution in [1.29, 1.82) is 0 Å². The molecule has 0 atom stereocenters. The van der Waals surface area contributed by atoms with E-state index in [1.165, 1.54) is 21.5 Å². The number of fused-ring (bicyclic) bond motifs is 12. The van der Waals surface area contributed by atoms with Gasteiger partial charge in [-0.2, -0.15) is 0 Å². The zero-order valence-corrected chi connectivity index (χ0v) is 35.9. The molecule has 6 heterocycles. The molecule has 6 nitrogen and oxygen atoms in total. The van der Waals surface area contributed by atoms with Crippen LogP contribution < -0.4 is 21.0 Å². The van der Waals surface area contributed by atoms with Gasteiger partial charge in [0.05, 0.1) is 32.7 Å². The summed E-state index contributed by atoms with van der Waals surface area (Å²) < 4.78 is 18.9. The zero-order chi connectivity index (χ0) is 42.6. The summed E-state index contributed by atoms with van der Waals surface area (Å²) in [6.07, 6.45) is 3.90. The van der Waals surface area contributed by atoms with E-state index in [0.29, 0.717) is 0 Å². The number of hydrogen-bond acceptors (Lipinski definition) is 4. The van der Waals surface area contributed by atoms with Crippen LogP contribution in [0.3, 0.4) is 0 Å². The minimum atomic E-state index is -3.45. The van der Waals surface area contributed by atoms with Crippen LogP contribution in [0, 0.1) is 0 Å². The molecule has 0 aliphatic rings. The first-order valence-electron chi connectivity index (χ1n) is 22.0. The lowest BCUT2D eigenvalue weighted by Gasteiger charge is -2.31. The Hall–Kier alpha value is -8.52. The first-order chi connectivity index (χ1) is 32.3. The second-order valence-electron chi connectivity index (χ2n) is 16.9. The van der Waals surface area contributed by atoms with E-state index in [2.05, 4.69) is 215 Å². The van der Waals surface area contributed by atoms with Gasteiger partial charge in [0, 0.05) is 66.9 Å². The molecule has 0 unspecified atom stereocenters. The molecule has 6 aromatic heterocycles. The number of rotatable bonds is 6. The van der Waals surface area contributed by atoms with Gasteiger partial charge in [0.2, 0.25) is 8.07 Å². The lowest BCUT2D eigenvalue weighted by molar-refractivity contribution is 0.669. The smallest absolute Gasteiger partial charge is 0.233 e. The molecule has 14 rings (SSSR count). The zero-order valence-electron chi connectivity index (χ0n) is 34.9. The Morgan fingerprint density at radius 2 is 0.677 bits per heavy atom. The number of hydrogen-bond donors (Lipinski definition) is 0. The monoisotopic (exact) mass is 848 g/mol.